The van der Waals surface area contributed by atoms with Crippen molar-refractivity contribution in [1.82, 2.24) is 14.5 Å². The molecule has 1 saturated heterocycles. The number of hydrogen-bond acceptors (Lipinski definition) is 6. The fraction of sp³-hybridized carbons (Fsp3) is 0.438. The zero-order valence-electron chi connectivity index (χ0n) is 14.2. The molecule has 10 heteroatoms. The van der Waals surface area contributed by atoms with Crippen molar-refractivity contribution >= 4 is 44.0 Å². The minimum atomic E-state index is -3.65. The third-order valence-electron chi connectivity index (χ3n) is 4.21. The van der Waals surface area contributed by atoms with Gasteiger partial charge in [-0.25, -0.2) is 8.42 Å². The number of piperidine rings is 1. The van der Waals surface area contributed by atoms with Gasteiger partial charge in [-0.05, 0) is 43.5 Å². The third-order valence-corrected chi connectivity index (χ3v) is 7.32. The minimum absolute atomic E-state index is 0.149. The molecule has 1 aliphatic heterocycles. The molecular weight excluding hydrogens is 396 g/mol. The maximum atomic E-state index is 12.8. The monoisotopic (exact) mass is 414 g/mol. The third kappa shape index (κ3) is 4.22. The van der Waals surface area contributed by atoms with Crippen LogP contribution < -0.4 is 5.32 Å². The van der Waals surface area contributed by atoms with Gasteiger partial charge in [0, 0.05) is 18.1 Å². The van der Waals surface area contributed by atoms with Gasteiger partial charge in [-0.15, -0.1) is 10.2 Å². The van der Waals surface area contributed by atoms with Crippen LogP contribution in [0.4, 0.5) is 5.13 Å². The second-order valence-electron chi connectivity index (χ2n) is 6.00. The minimum Gasteiger partial charge on any atom is -0.300 e. The number of rotatable bonds is 5. The fourth-order valence-electron chi connectivity index (χ4n) is 2.78. The molecule has 1 aromatic heterocycles. The van der Waals surface area contributed by atoms with Gasteiger partial charge in [-0.3, -0.25) is 4.79 Å². The molecule has 2 heterocycles. The molecule has 26 heavy (non-hydrogen) atoms. The van der Waals surface area contributed by atoms with Gasteiger partial charge in [0.2, 0.25) is 21.1 Å². The number of anilines is 1. The summed E-state index contributed by atoms with van der Waals surface area (Å²) in [5, 5.41) is 12.4. The molecule has 3 rings (SSSR count). The summed E-state index contributed by atoms with van der Waals surface area (Å²) >= 11 is 7.16. The molecule has 1 fully saturated rings. The molecule has 0 spiro atoms. The van der Waals surface area contributed by atoms with Gasteiger partial charge in [0.1, 0.15) is 5.01 Å². The van der Waals surface area contributed by atoms with E-state index < -0.39 is 15.9 Å². The highest BCUT2D eigenvalue weighted by molar-refractivity contribution is 7.89. The summed E-state index contributed by atoms with van der Waals surface area (Å²) in [6, 6.07) is 6.05. The number of nitrogens with one attached hydrogen (secondary N) is 1. The normalized spacial score (nSPS) is 18.6. The van der Waals surface area contributed by atoms with E-state index in [-0.39, 0.29) is 17.3 Å². The topological polar surface area (TPSA) is 92.3 Å². The number of halogens is 1. The molecule has 1 N–H and O–H groups in total. The first-order valence-corrected chi connectivity index (χ1v) is 10.9. The van der Waals surface area contributed by atoms with E-state index in [4.69, 9.17) is 11.6 Å². The number of aryl methyl sites for hydroxylation is 1. The molecule has 0 aliphatic carbocycles. The quantitative estimate of drug-likeness (QED) is 0.812. The lowest BCUT2D eigenvalue weighted by Crippen LogP contribution is -2.43. The molecule has 0 unspecified atom stereocenters. The average molecular weight is 415 g/mol. The van der Waals surface area contributed by atoms with Crippen molar-refractivity contribution < 1.29 is 13.2 Å². The van der Waals surface area contributed by atoms with E-state index in [0.29, 0.717) is 29.5 Å². The van der Waals surface area contributed by atoms with E-state index in [1.54, 1.807) is 12.1 Å². The van der Waals surface area contributed by atoms with E-state index in [1.165, 1.54) is 27.8 Å². The van der Waals surface area contributed by atoms with Crippen molar-refractivity contribution in [3.8, 4) is 0 Å². The molecule has 1 aliphatic rings. The van der Waals surface area contributed by atoms with Crippen LogP contribution in [0.3, 0.4) is 0 Å². The highest BCUT2D eigenvalue weighted by atomic mass is 35.5. The largest absolute Gasteiger partial charge is 0.300 e. The molecule has 0 bridgehead atoms. The maximum absolute atomic E-state index is 12.8. The number of aromatic nitrogens is 2. The highest BCUT2D eigenvalue weighted by Gasteiger charge is 2.33. The van der Waals surface area contributed by atoms with E-state index in [9.17, 15) is 13.2 Å². The molecule has 1 amide bonds. The van der Waals surface area contributed by atoms with Crippen molar-refractivity contribution in [2.24, 2.45) is 5.92 Å². The predicted molar refractivity (Wildman–Crippen MR) is 101 cm³/mol. The van der Waals surface area contributed by atoms with Gasteiger partial charge in [0.05, 0.1) is 10.8 Å². The Kier molecular flexibility index (Phi) is 5.91. The summed E-state index contributed by atoms with van der Waals surface area (Å²) in [7, 11) is -3.65. The first-order valence-electron chi connectivity index (χ1n) is 8.29. The molecule has 2 aromatic rings. The maximum Gasteiger partial charge on any atom is 0.243 e. The molecule has 1 aromatic carbocycles. The van der Waals surface area contributed by atoms with Crippen molar-refractivity contribution in [2.45, 2.75) is 31.1 Å². The van der Waals surface area contributed by atoms with E-state index in [2.05, 4.69) is 15.5 Å². The van der Waals surface area contributed by atoms with E-state index in [0.717, 1.165) is 11.4 Å². The number of benzene rings is 1. The number of hydrogen-bond donors (Lipinski definition) is 1. The zero-order chi connectivity index (χ0) is 18.7. The zero-order valence-corrected chi connectivity index (χ0v) is 16.6. The molecule has 140 valence electrons. The van der Waals surface area contributed by atoms with Crippen LogP contribution in [-0.2, 0) is 21.2 Å². The Morgan fingerprint density at radius 2 is 2.08 bits per heavy atom. The first kappa shape index (κ1) is 19.2. The van der Waals surface area contributed by atoms with Gasteiger partial charge in [0.15, 0.2) is 0 Å². The Morgan fingerprint density at radius 3 is 2.73 bits per heavy atom. The van der Waals surface area contributed by atoms with Crippen molar-refractivity contribution in [3.63, 3.8) is 0 Å². The Bertz CT molecular complexity index is 883. The summed E-state index contributed by atoms with van der Waals surface area (Å²) in [6.07, 6.45) is 2.02. The van der Waals surface area contributed by atoms with Crippen LogP contribution in [0, 0.1) is 5.92 Å². The second-order valence-corrected chi connectivity index (χ2v) is 9.44. The Labute approximate surface area is 161 Å². The molecule has 1 atom stereocenters. The van der Waals surface area contributed by atoms with Crippen LogP contribution in [0.15, 0.2) is 29.2 Å². The number of carbonyl (C=O) groups excluding carboxylic acids is 1. The van der Waals surface area contributed by atoms with E-state index in [1.807, 2.05) is 6.92 Å². The SMILES string of the molecule is CCc1nnc(NC(=O)[C@@H]2CCCN(S(=O)(=O)c3ccc(Cl)cc3)C2)s1. The lowest BCUT2D eigenvalue weighted by atomic mass is 9.99. The summed E-state index contributed by atoms with van der Waals surface area (Å²) < 4.78 is 27.0. The number of amides is 1. The summed E-state index contributed by atoms with van der Waals surface area (Å²) in [5.74, 6) is -0.639. The van der Waals surface area contributed by atoms with Crippen molar-refractivity contribution in [2.75, 3.05) is 18.4 Å². The van der Waals surface area contributed by atoms with E-state index >= 15 is 0 Å². The summed E-state index contributed by atoms with van der Waals surface area (Å²) in [4.78, 5) is 12.7. The molecule has 0 saturated carbocycles. The fourth-order valence-corrected chi connectivity index (χ4v) is 5.12. The molecular formula is C16H19ClN4O3S2. The van der Waals surface area contributed by atoms with Crippen LogP contribution in [0.1, 0.15) is 24.8 Å². The van der Waals surface area contributed by atoms with Crippen LogP contribution in [0.25, 0.3) is 0 Å². The Hall–Kier alpha value is -1.55. The van der Waals surface area contributed by atoms with Crippen molar-refractivity contribution in [3.05, 3.63) is 34.3 Å². The van der Waals surface area contributed by atoms with Crippen molar-refractivity contribution in [1.29, 1.82) is 0 Å². The highest BCUT2D eigenvalue weighted by Crippen LogP contribution is 2.26. The number of sulfonamides is 1. The summed E-state index contributed by atoms with van der Waals surface area (Å²) in [5.41, 5.74) is 0. The van der Waals surface area contributed by atoms with Crippen LogP contribution in [0.2, 0.25) is 5.02 Å². The second kappa shape index (κ2) is 7.99. The molecule has 0 radical (unpaired) electrons. The lowest BCUT2D eigenvalue weighted by molar-refractivity contribution is -0.120. The first-order chi connectivity index (χ1) is 12.4. The van der Waals surface area contributed by atoms with Gasteiger partial charge in [0.25, 0.3) is 0 Å². The smallest absolute Gasteiger partial charge is 0.243 e. The van der Waals surface area contributed by atoms with Crippen LogP contribution >= 0.6 is 22.9 Å². The van der Waals surface area contributed by atoms with Gasteiger partial charge < -0.3 is 5.32 Å². The molecule has 7 nitrogen and oxygen atoms in total. The average Bonchev–Trinajstić information content (AvgIpc) is 3.10. The van der Waals surface area contributed by atoms with Crippen LogP contribution in [0.5, 0.6) is 0 Å². The van der Waals surface area contributed by atoms with Gasteiger partial charge in [-0.1, -0.05) is 29.9 Å². The van der Waals surface area contributed by atoms with Crippen LogP contribution in [-0.4, -0.2) is 41.9 Å². The number of nitrogens with zero attached hydrogens (tertiary/aromatic N) is 3. The van der Waals surface area contributed by atoms with Gasteiger partial charge in [-0.2, -0.15) is 4.31 Å². The Morgan fingerprint density at radius 1 is 1.35 bits per heavy atom. The predicted octanol–water partition coefficient (Wildman–Crippen LogP) is 2.79. The lowest BCUT2D eigenvalue weighted by Gasteiger charge is -2.31. The van der Waals surface area contributed by atoms with Gasteiger partial charge >= 0.3 is 0 Å². The standard InChI is InChI=1S/C16H19ClN4O3S2/c1-2-14-19-20-16(25-14)18-15(22)11-4-3-9-21(10-11)26(23,24)13-7-5-12(17)6-8-13/h5-8,11H,2-4,9-10H2,1H3,(H,18,20,22)/t11-/m1/s1. The summed E-state index contributed by atoms with van der Waals surface area (Å²) in [6.45, 7) is 2.51. The Balaban J connectivity index is 1.70. The number of carbonyl (C=O) groups is 1.